The van der Waals surface area contributed by atoms with Gasteiger partial charge in [-0.2, -0.15) is 4.98 Å². The molecule has 0 radical (unpaired) electrons. The third-order valence-corrected chi connectivity index (χ3v) is 3.47. The summed E-state index contributed by atoms with van der Waals surface area (Å²) in [6.07, 6.45) is 1.09. The highest BCUT2D eigenvalue weighted by Gasteiger charge is 2.07. The Morgan fingerprint density at radius 1 is 1.12 bits per heavy atom. The van der Waals surface area contributed by atoms with Crippen molar-refractivity contribution in [3.05, 3.63) is 71.1 Å². The lowest BCUT2D eigenvalue weighted by atomic mass is 10.2. The van der Waals surface area contributed by atoms with E-state index in [1.165, 1.54) is 6.07 Å². The summed E-state index contributed by atoms with van der Waals surface area (Å²) < 4.78 is 13.9. The smallest absolute Gasteiger partial charge is 0.229 e. The molecule has 0 aliphatic heterocycles. The zero-order valence-electron chi connectivity index (χ0n) is 12.5. The molecule has 3 rings (SSSR count). The molecule has 0 atom stereocenters. The minimum atomic E-state index is -0.551. The number of hydrogen-bond donors (Lipinski definition) is 3. The molecule has 3 aromatic rings. The van der Waals surface area contributed by atoms with Crippen molar-refractivity contribution >= 4 is 29.1 Å². The largest absolute Gasteiger partial charge is 0.508 e. The molecule has 122 valence electrons. The SMILES string of the molecule is Oc1cccc(Nc2ncc(F)c(NCc3ccc(Cl)cc3)n2)c1. The van der Waals surface area contributed by atoms with Gasteiger partial charge in [0.05, 0.1) is 6.20 Å². The van der Waals surface area contributed by atoms with Crippen LogP contribution in [0.1, 0.15) is 5.56 Å². The molecule has 0 bridgehead atoms. The third-order valence-electron chi connectivity index (χ3n) is 3.22. The van der Waals surface area contributed by atoms with Crippen molar-refractivity contribution < 1.29 is 9.50 Å². The highest BCUT2D eigenvalue weighted by molar-refractivity contribution is 6.30. The average molecular weight is 345 g/mol. The molecule has 1 aromatic heterocycles. The van der Waals surface area contributed by atoms with Crippen molar-refractivity contribution in [2.75, 3.05) is 10.6 Å². The fraction of sp³-hybridized carbons (Fsp3) is 0.0588. The first-order valence-corrected chi connectivity index (χ1v) is 7.55. The van der Waals surface area contributed by atoms with Crippen LogP contribution < -0.4 is 10.6 Å². The first-order chi connectivity index (χ1) is 11.6. The van der Waals surface area contributed by atoms with E-state index in [0.29, 0.717) is 17.3 Å². The van der Waals surface area contributed by atoms with E-state index in [1.807, 2.05) is 12.1 Å². The first kappa shape index (κ1) is 16.0. The van der Waals surface area contributed by atoms with Gasteiger partial charge < -0.3 is 15.7 Å². The number of hydrogen-bond acceptors (Lipinski definition) is 5. The summed E-state index contributed by atoms with van der Waals surface area (Å²) >= 11 is 5.84. The van der Waals surface area contributed by atoms with Gasteiger partial charge in [0.25, 0.3) is 0 Å². The maximum absolute atomic E-state index is 13.9. The Hall–Kier alpha value is -2.86. The number of halogens is 2. The number of aromatic hydroxyl groups is 1. The maximum Gasteiger partial charge on any atom is 0.229 e. The summed E-state index contributed by atoms with van der Waals surface area (Å²) in [6.45, 7) is 0.399. The molecule has 0 spiro atoms. The molecule has 0 aliphatic carbocycles. The van der Waals surface area contributed by atoms with E-state index in [1.54, 1.807) is 30.3 Å². The van der Waals surface area contributed by atoms with Crippen LogP contribution in [0.2, 0.25) is 5.02 Å². The molecule has 24 heavy (non-hydrogen) atoms. The summed E-state index contributed by atoms with van der Waals surface area (Å²) in [7, 11) is 0. The van der Waals surface area contributed by atoms with Crippen molar-refractivity contribution in [2.45, 2.75) is 6.54 Å². The predicted octanol–water partition coefficient (Wildman–Crippen LogP) is 4.33. The van der Waals surface area contributed by atoms with Crippen molar-refractivity contribution in [2.24, 2.45) is 0 Å². The lowest BCUT2D eigenvalue weighted by molar-refractivity contribution is 0.475. The second kappa shape index (κ2) is 7.14. The van der Waals surface area contributed by atoms with Gasteiger partial charge in [0, 0.05) is 23.3 Å². The number of phenols is 1. The zero-order valence-corrected chi connectivity index (χ0v) is 13.3. The number of anilines is 3. The highest BCUT2D eigenvalue weighted by atomic mass is 35.5. The summed E-state index contributed by atoms with van der Waals surface area (Å²) in [5.41, 5.74) is 1.55. The molecule has 5 nitrogen and oxygen atoms in total. The lowest BCUT2D eigenvalue weighted by Gasteiger charge is -2.10. The van der Waals surface area contributed by atoms with Crippen LogP contribution in [0.3, 0.4) is 0 Å². The molecule has 7 heteroatoms. The normalized spacial score (nSPS) is 10.4. The summed E-state index contributed by atoms with van der Waals surface area (Å²) in [5.74, 6) is -0.128. The second-order valence-corrected chi connectivity index (χ2v) is 5.48. The third kappa shape index (κ3) is 4.11. The van der Waals surface area contributed by atoms with Crippen LogP contribution in [0.25, 0.3) is 0 Å². The number of nitrogens with one attached hydrogen (secondary N) is 2. The molecule has 0 saturated carbocycles. The Bertz CT molecular complexity index is 842. The summed E-state index contributed by atoms with van der Waals surface area (Å²) in [5, 5.41) is 15.9. The van der Waals surface area contributed by atoms with Crippen LogP contribution in [0.15, 0.2) is 54.7 Å². The molecule has 1 heterocycles. The van der Waals surface area contributed by atoms with Crippen LogP contribution in [-0.4, -0.2) is 15.1 Å². The topological polar surface area (TPSA) is 70.1 Å². The molecule has 0 saturated heterocycles. The number of phenolic OH excluding ortho intramolecular Hbond substituents is 1. The minimum Gasteiger partial charge on any atom is -0.508 e. The first-order valence-electron chi connectivity index (χ1n) is 7.17. The van der Waals surface area contributed by atoms with Crippen molar-refractivity contribution in [3.63, 3.8) is 0 Å². The van der Waals surface area contributed by atoms with Crippen LogP contribution in [0, 0.1) is 5.82 Å². The van der Waals surface area contributed by atoms with Gasteiger partial charge >= 0.3 is 0 Å². The van der Waals surface area contributed by atoms with E-state index in [4.69, 9.17) is 11.6 Å². The lowest BCUT2D eigenvalue weighted by Crippen LogP contribution is -2.06. The Morgan fingerprint density at radius 3 is 2.67 bits per heavy atom. The monoisotopic (exact) mass is 344 g/mol. The van der Waals surface area contributed by atoms with Crippen molar-refractivity contribution in [1.82, 2.24) is 9.97 Å². The van der Waals surface area contributed by atoms with Gasteiger partial charge in [0.1, 0.15) is 5.75 Å². The van der Waals surface area contributed by atoms with E-state index in [9.17, 15) is 9.50 Å². The molecule has 0 aliphatic rings. The number of nitrogens with zero attached hydrogens (tertiary/aromatic N) is 2. The van der Waals surface area contributed by atoms with E-state index >= 15 is 0 Å². The maximum atomic E-state index is 13.9. The zero-order chi connectivity index (χ0) is 16.9. The average Bonchev–Trinajstić information content (AvgIpc) is 2.57. The Balaban J connectivity index is 1.72. The predicted molar refractivity (Wildman–Crippen MR) is 92.2 cm³/mol. The van der Waals surface area contributed by atoms with E-state index in [-0.39, 0.29) is 17.5 Å². The van der Waals surface area contributed by atoms with E-state index in [2.05, 4.69) is 20.6 Å². The van der Waals surface area contributed by atoms with E-state index < -0.39 is 5.82 Å². The summed E-state index contributed by atoms with van der Waals surface area (Å²) in [6, 6.07) is 13.7. The van der Waals surface area contributed by atoms with Crippen LogP contribution in [-0.2, 0) is 6.54 Å². The van der Waals surface area contributed by atoms with Gasteiger partial charge in [-0.3, -0.25) is 0 Å². The molecule has 2 aromatic carbocycles. The molecular weight excluding hydrogens is 331 g/mol. The van der Waals surface area contributed by atoms with Crippen LogP contribution >= 0.6 is 11.6 Å². The molecule has 3 N–H and O–H groups in total. The second-order valence-electron chi connectivity index (χ2n) is 5.05. The van der Waals surface area contributed by atoms with Crippen molar-refractivity contribution in [3.8, 4) is 5.75 Å². The van der Waals surface area contributed by atoms with Gasteiger partial charge in [-0.15, -0.1) is 0 Å². The van der Waals surface area contributed by atoms with E-state index in [0.717, 1.165) is 11.8 Å². The summed E-state index contributed by atoms with van der Waals surface area (Å²) in [4.78, 5) is 8.01. The minimum absolute atomic E-state index is 0.0857. The number of rotatable bonds is 5. The van der Waals surface area contributed by atoms with Gasteiger partial charge in [0.2, 0.25) is 5.95 Å². The molecular formula is C17H14ClFN4O. The van der Waals surface area contributed by atoms with Gasteiger partial charge in [0.15, 0.2) is 11.6 Å². The Kier molecular flexibility index (Phi) is 4.77. The van der Waals surface area contributed by atoms with Gasteiger partial charge in [-0.1, -0.05) is 29.8 Å². The molecule has 0 unspecified atom stereocenters. The number of benzene rings is 2. The number of aromatic nitrogens is 2. The highest BCUT2D eigenvalue weighted by Crippen LogP contribution is 2.20. The molecule has 0 amide bonds. The fourth-order valence-corrected chi connectivity index (χ4v) is 2.18. The quantitative estimate of drug-likeness (QED) is 0.642. The Labute approximate surface area is 143 Å². The van der Waals surface area contributed by atoms with Crippen molar-refractivity contribution in [1.29, 1.82) is 0 Å². The van der Waals surface area contributed by atoms with Crippen LogP contribution in [0.4, 0.5) is 21.8 Å². The standard InChI is InChI=1S/C17H14ClFN4O/c18-12-6-4-11(5-7-12)9-20-16-15(19)10-21-17(23-16)22-13-2-1-3-14(24)8-13/h1-8,10,24H,9H2,(H2,20,21,22,23). The Morgan fingerprint density at radius 2 is 1.92 bits per heavy atom. The molecule has 0 fully saturated rings. The van der Waals surface area contributed by atoms with Gasteiger partial charge in [-0.25, -0.2) is 9.37 Å². The van der Waals surface area contributed by atoms with Gasteiger partial charge in [-0.05, 0) is 29.8 Å². The van der Waals surface area contributed by atoms with Crippen LogP contribution in [0.5, 0.6) is 5.75 Å². The fourth-order valence-electron chi connectivity index (χ4n) is 2.05.